The van der Waals surface area contributed by atoms with Crippen molar-refractivity contribution in [3.05, 3.63) is 0 Å². The van der Waals surface area contributed by atoms with Crippen LogP contribution < -0.4 is 10.6 Å². The predicted octanol–water partition coefficient (Wildman–Crippen LogP) is 0.633. The van der Waals surface area contributed by atoms with Crippen LogP contribution in [-0.4, -0.2) is 53.7 Å². The maximum Gasteiger partial charge on any atom is 0.315 e. The first kappa shape index (κ1) is 14.1. The number of carboxylic acid groups (broad SMARTS) is 1. The van der Waals surface area contributed by atoms with Crippen LogP contribution in [0.3, 0.4) is 0 Å². The Morgan fingerprint density at radius 1 is 1.37 bits per heavy atom. The molecule has 108 valence electrons. The number of aliphatic carboxylic acids is 1. The monoisotopic (exact) mass is 269 g/mol. The van der Waals surface area contributed by atoms with Gasteiger partial charge in [-0.3, -0.25) is 4.79 Å². The Labute approximate surface area is 113 Å². The van der Waals surface area contributed by atoms with Gasteiger partial charge in [-0.25, -0.2) is 4.79 Å². The van der Waals surface area contributed by atoms with E-state index in [1.807, 2.05) is 0 Å². The van der Waals surface area contributed by atoms with E-state index in [0.29, 0.717) is 6.04 Å². The summed E-state index contributed by atoms with van der Waals surface area (Å²) < 4.78 is 0. The summed E-state index contributed by atoms with van der Waals surface area (Å²) in [5.41, 5.74) is 0. The van der Waals surface area contributed by atoms with Gasteiger partial charge in [-0.15, -0.1) is 0 Å². The molecule has 2 rings (SSSR count). The quantitative estimate of drug-likeness (QED) is 0.699. The van der Waals surface area contributed by atoms with Gasteiger partial charge in [0.1, 0.15) is 0 Å². The van der Waals surface area contributed by atoms with Crippen LogP contribution in [0.5, 0.6) is 0 Å². The Hall–Kier alpha value is -1.30. The van der Waals surface area contributed by atoms with Crippen molar-refractivity contribution in [1.82, 2.24) is 15.5 Å². The maximum absolute atomic E-state index is 11.7. The lowest BCUT2D eigenvalue weighted by atomic mass is 9.98. The number of nitrogens with zero attached hydrogens (tertiary/aromatic N) is 1. The molecule has 0 bridgehead atoms. The highest BCUT2D eigenvalue weighted by Gasteiger charge is 2.32. The van der Waals surface area contributed by atoms with E-state index in [1.54, 1.807) is 6.92 Å². The number of rotatable bonds is 4. The van der Waals surface area contributed by atoms with Gasteiger partial charge in [0.2, 0.25) is 0 Å². The minimum atomic E-state index is -0.889. The van der Waals surface area contributed by atoms with Gasteiger partial charge in [0.25, 0.3) is 0 Å². The van der Waals surface area contributed by atoms with Crippen LogP contribution in [0.1, 0.15) is 32.6 Å². The van der Waals surface area contributed by atoms with Gasteiger partial charge in [-0.2, -0.15) is 0 Å². The minimum absolute atomic E-state index is 0.170. The summed E-state index contributed by atoms with van der Waals surface area (Å²) in [4.78, 5) is 24.9. The normalized spacial score (nSPS) is 28.5. The van der Waals surface area contributed by atoms with Crippen LogP contribution in [0.4, 0.5) is 4.79 Å². The molecule has 2 saturated heterocycles. The lowest BCUT2D eigenvalue weighted by Gasteiger charge is -2.35. The van der Waals surface area contributed by atoms with Crippen LogP contribution in [0.15, 0.2) is 0 Å². The fourth-order valence-corrected chi connectivity index (χ4v) is 2.93. The van der Waals surface area contributed by atoms with E-state index in [1.165, 1.54) is 19.4 Å². The number of fused-ring (bicyclic) bond motifs is 1. The second-order valence-corrected chi connectivity index (χ2v) is 5.65. The van der Waals surface area contributed by atoms with E-state index in [2.05, 4.69) is 15.5 Å². The van der Waals surface area contributed by atoms with Gasteiger partial charge in [0.05, 0.1) is 5.92 Å². The number of hydrogen-bond donors (Lipinski definition) is 3. The van der Waals surface area contributed by atoms with E-state index in [0.717, 1.165) is 19.4 Å². The second kappa shape index (κ2) is 6.23. The summed E-state index contributed by atoms with van der Waals surface area (Å²) in [6, 6.07) is 0.598. The highest BCUT2D eigenvalue weighted by Crippen LogP contribution is 2.26. The Bertz CT molecular complexity index is 348. The Morgan fingerprint density at radius 2 is 2.16 bits per heavy atom. The Balaban J connectivity index is 1.69. The molecule has 3 atom stereocenters. The molecule has 2 fully saturated rings. The Kier molecular flexibility index (Phi) is 4.63. The molecule has 0 aliphatic carbocycles. The first-order valence-electron chi connectivity index (χ1n) is 7.07. The van der Waals surface area contributed by atoms with Crippen LogP contribution in [-0.2, 0) is 4.79 Å². The average molecular weight is 269 g/mol. The van der Waals surface area contributed by atoms with Crippen molar-refractivity contribution < 1.29 is 14.7 Å². The van der Waals surface area contributed by atoms with Crippen LogP contribution in [0.2, 0.25) is 0 Å². The zero-order valence-corrected chi connectivity index (χ0v) is 11.4. The van der Waals surface area contributed by atoms with Crippen molar-refractivity contribution in [1.29, 1.82) is 0 Å². The molecule has 6 heteroatoms. The highest BCUT2D eigenvalue weighted by atomic mass is 16.4. The van der Waals surface area contributed by atoms with Crippen molar-refractivity contribution in [3.8, 4) is 0 Å². The van der Waals surface area contributed by atoms with Crippen molar-refractivity contribution in [2.45, 2.75) is 44.7 Å². The predicted molar refractivity (Wildman–Crippen MR) is 71.0 cm³/mol. The summed E-state index contributed by atoms with van der Waals surface area (Å²) in [7, 11) is 0. The summed E-state index contributed by atoms with van der Waals surface area (Å²) in [6.07, 6.45) is 4.50. The standard InChI is InChI=1S/C13H23N3O3/c1-9(12(17)18)8-14-13(19)15-10-4-6-16-5-2-3-11(16)7-10/h9-11H,2-8H2,1H3,(H,17,18)(H2,14,15,19). The van der Waals surface area contributed by atoms with Crippen LogP contribution in [0, 0.1) is 5.92 Å². The lowest BCUT2D eigenvalue weighted by Crippen LogP contribution is -2.50. The first-order chi connectivity index (χ1) is 9.06. The number of carboxylic acids is 1. The topological polar surface area (TPSA) is 81.7 Å². The molecule has 0 saturated carbocycles. The zero-order chi connectivity index (χ0) is 13.8. The number of urea groups is 1. The lowest BCUT2D eigenvalue weighted by molar-refractivity contribution is -0.140. The fourth-order valence-electron chi connectivity index (χ4n) is 2.93. The molecule has 0 aromatic carbocycles. The third-order valence-corrected chi connectivity index (χ3v) is 4.15. The van der Waals surface area contributed by atoms with Gasteiger partial charge >= 0.3 is 12.0 Å². The summed E-state index contributed by atoms with van der Waals surface area (Å²) >= 11 is 0. The smallest absolute Gasteiger partial charge is 0.315 e. The fraction of sp³-hybridized carbons (Fsp3) is 0.846. The van der Waals surface area contributed by atoms with Crippen molar-refractivity contribution in [2.24, 2.45) is 5.92 Å². The summed E-state index contributed by atoms with van der Waals surface area (Å²) in [5.74, 6) is -1.44. The third kappa shape index (κ3) is 3.83. The molecule has 3 unspecified atom stereocenters. The molecule has 3 N–H and O–H groups in total. The van der Waals surface area contributed by atoms with E-state index in [9.17, 15) is 9.59 Å². The van der Waals surface area contributed by atoms with E-state index in [-0.39, 0.29) is 18.6 Å². The van der Waals surface area contributed by atoms with E-state index in [4.69, 9.17) is 5.11 Å². The number of nitrogens with one attached hydrogen (secondary N) is 2. The maximum atomic E-state index is 11.7. The average Bonchev–Trinajstić information content (AvgIpc) is 2.83. The number of hydrogen-bond acceptors (Lipinski definition) is 3. The summed E-state index contributed by atoms with van der Waals surface area (Å²) in [6.45, 7) is 4.00. The van der Waals surface area contributed by atoms with Gasteiger partial charge in [-0.1, -0.05) is 6.92 Å². The molecule has 6 nitrogen and oxygen atoms in total. The molecule has 0 spiro atoms. The molecule has 2 amide bonds. The highest BCUT2D eigenvalue weighted by molar-refractivity contribution is 5.75. The largest absolute Gasteiger partial charge is 0.481 e. The van der Waals surface area contributed by atoms with Gasteiger partial charge in [0.15, 0.2) is 0 Å². The third-order valence-electron chi connectivity index (χ3n) is 4.15. The van der Waals surface area contributed by atoms with E-state index < -0.39 is 11.9 Å². The SMILES string of the molecule is CC(CNC(=O)NC1CCN2CCCC2C1)C(=O)O. The summed E-state index contributed by atoms with van der Waals surface area (Å²) in [5, 5.41) is 14.3. The first-order valence-corrected chi connectivity index (χ1v) is 7.07. The number of carbonyl (C=O) groups excluding carboxylic acids is 1. The second-order valence-electron chi connectivity index (χ2n) is 5.65. The zero-order valence-electron chi connectivity index (χ0n) is 11.4. The van der Waals surface area contributed by atoms with Gasteiger partial charge < -0.3 is 20.6 Å². The molecule has 2 heterocycles. The molecule has 0 radical (unpaired) electrons. The Morgan fingerprint density at radius 3 is 2.89 bits per heavy atom. The molecule has 2 aliphatic rings. The van der Waals surface area contributed by atoms with Crippen molar-refractivity contribution in [2.75, 3.05) is 19.6 Å². The van der Waals surface area contributed by atoms with Gasteiger partial charge in [-0.05, 0) is 32.2 Å². The molecule has 2 aliphatic heterocycles. The molecule has 0 aromatic heterocycles. The number of carbonyl (C=O) groups is 2. The van der Waals surface area contributed by atoms with Gasteiger partial charge in [0, 0.05) is 25.2 Å². The molecule has 19 heavy (non-hydrogen) atoms. The van der Waals surface area contributed by atoms with Crippen molar-refractivity contribution in [3.63, 3.8) is 0 Å². The van der Waals surface area contributed by atoms with Crippen molar-refractivity contribution >= 4 is 12.0 Å². The number of piperidine rings is 1. The minimum Gasteiger partial charge on any atom is -0.481 e. The van der Waals surface area contributed by atoms with Crippen LogP contribution >= 0.6 is 0 Å². The van der Waals surface area contributed by atoms with E-state index >= 15 is 0 Å². The molecular formula is C13H23N3O3. The molecular weight excluding hydrogens is 246 g/mol. The molecule has 0 aromatic rings. The number of amides is 2. The van der Waals surface area contributed by atoms with Crippen LogP contribution in [0.25, 0.3) is 0 Å².